The molecule has 14 heavy (non-hydrogen) atoms. The van der Waals surface area contributed by atoms with Crippen molar-refractivity contribution in [2.24, 2.45) is 0 Å². The Morgan fingerprint density at radius 1 is 1.21 bits per heavy atom. The molecule has 0 bridgehead atoms. The minimum Gasteiger partial charge on any atom is -0.496 e. The van der Waals surface area contributed by atoms with Crippen LogP contribution >= 0.6 is 0 Å². The zero-order valence-electron chi connectivity index (χ0n) is 8.01. The Morgan fingerprint density at radius 3 is 3.00 bits per heavy atom. The topological polar surface area (TPSA) is 50.4 Å². The quantitative estimate of drug-likeness (QED) is 0.601. The lowest BCUT2D eigenvalue weighted by atomic mass is 9.88. The number of ether oxygens (including phenoxy) is 1. The van der Waals surface area contributed by atoms with Crippen LogP contribution in [0, 0.1) is 0 Å². The number of amides is 2. The van der Waals surface area contributed by atoms with E-state index in [1.807, 2.05) is 0 Å². The van der Waals surface area contributed by atoms with Crippen LogP contribution in [0.5, 0.6) is 0 Å². The van der Waals surface area contributed by atoms with E-state index in [4.69, 9.17) is 4.74 Å². The summed E-state index contributed by atoms with van der Waals surface area (Å²) in [4.78, 5) is 11.2. The van der Waals surface area contributed by atoms with Gasteiger partial charge in [0.15, 0.2) is 0 Å². The van der Waals surface area contributed by atoms with E-state index in [0.717, 1.165) is 18.6 Å². The summed E-state index contributed by atoms with van der Waals surface area (Å²) in [5.41, 5.74) is 1.32. The lowest BCUT2D eigenvalue weighted by Gasteiger charge is -2.32. The molecule has 0 aromatic rings. The predicted molar refractivity (Wildman–Crippen MR) is 50.7 cm³/mol. The highest BCUT2D eigenvalue weighted by Crippen LogP contribution is 2.33. The molecule has 0 spiro atoms. The molecule has 2 heterocycles. The standard InChI is InChI=1S/C10H14N2O2/c13-10-11-7-5-14-8-4-2-1-3-6(8)9(7)12-10/h7,9H,1-5H2,(H2,11,12,13)/t7-,9+/m1/s1. The van der Waals surface area contributed by atoms with Crippen molar-refractivity contribution in [1.82, 2.24) is 10.6 Å². The molecule has 4 heteroatoms. The zero-order chi connectivity index (χ0) is 9.54. The van der Waals surface area contributed by atoms with Crippen molar-refractivity contribution in [3.8, 4) is 0 Å². The van der Waals surface area contributed by atoms with Crippen LogP contribution in [0.1, 0.15) is 25.7 Å². The fourth-order valence-electron chi connectivity index (χ4n) is 2.59. The third kappa shape index (κ3) is 1.10. The van der Waals surface area contributed by atoms with Crippen LogP contribution in [0.3, 0.4) is 0 Å². The normalized spacial score (nSPS) is 35.3. The molecule has 2 N–H and O–H groups in total. The zero-order valence-corrected chi connectivity index (χ0v) is 8.01. The van der Waals surface area contributed by atoms with Gasteiger partial charge in [-0.05, 0) is 24.8 Å². The highest BCUT2D eigenvalue weighted by molar-refractivity contribution is 5.78. The first-order valence-corrected chi connectivity index (χ1v) is 5.26. The number of fused-ring (bicyclic) bond motifs is 2. The smallest absolute Gasteiger partial charge is 0.315 e. The summed E-state index contributed by atoms with van der Waals surface area (Å²) in [5, 5.41) is 5.85. The van der Waals surface area contributed by atoms with Gasteiger partial charge >= 0.3 is 6.03 Å². The molecule has 76 valence electrons. The summed E-state index contributed by atoms with van der Waals surface area (Å²) in [7, 11) is 0. The Morgan fingerprint density at radius 2 is 2.07 bits per heavy atom. The van der Waals surface area contributed by atoms with Crippen LogP contribution in [-0.4, -0.2) is 24.7 Å². The molecule has 0 unspecified atom stereocenters. The Labute approximate surface area is 82.7 Å². The number of rotatable bonds is 0. The third-order valence-electron chi connectivity index (χ3n) is 3.28. The molecule has 0 saturated carbocycles. The first-order chi connectivity index (χ1) is 6.84. The molecule has 1 saturated heterocycles. The van der Waals surface area contributed by atoms with Crippen molar-refractivity contribution >= 4 is 6.03 Å². The second-order valence-electron chi connectivity index (χ2n) is 4.17. The fraction of sp³-hybridized carbons (Fsp3) is 0.700. The van der Waals surface area contributed by atoms with Crippen molar-refractivity contribution in [1.29, 1.82) is 0 Å². The van der Waals surface area contributed by atoms with Gasteiger partial charge in [-0.1, -0.05) is 0 Å². The number of urea groups is 1. The number of hydrogen-bond donors (Lipinski definition) is 2. The summed E-state index contributed by atoms with van der Waals surface area (Å²) in [6.45, 7) is 0.627. The van der Waals surface area contributed by atoms with Crippen molar-refractivity contribution in [3.63, 3.8) is 0 Å². The maximum absolute atomic E-state index is 11.2. The van der Waals surface area contributed by atoms with Gasteiger partial charge in [-0.25, -0.2) is 4.79 Å². The molecule has 1 fully saturated rings. The summed E-state index contributed by atoms with van der Waals surface area (Å²) >= 11 is 0. The number of carbonyl (C=O) groups excluding carboxylic acids is 1. The van der Waals surface area contributed by atoms with E-state index in [2.05, 4.69) is 10.6 Å². The first kappa shape index (κ1) is 8.15. The van der Waals surface area contributed by atoms with Crippen LogP contribution in [0.4, 0.5) is 4.79 Å². The second kappa shape index (κ2) is 2.90. The van der Waals surface area contributed by atoms with Gasteiger partial charge < -0.3 is 15.4 Å². The van der Waals surface area contributed by atoms with Crippen molar-refractivity contribution < 1.29 is 9.53 Å². The van der Waals surface area contributed by atoms with E-state index in [1.54, 1.807) is 0 Å². The van der Waals surface area contributed by atoms with Gasteiger partial charge in [-0.15, -0.1) is 0 Å². The van der Waals surface area contributed by atoms with E-state index in [1.165, 1.54) is 18.4 Å². The third-order valence-corrected chi connectivity index (χ3v) is 3.28. The van der Waals surface area contributed by atoms with Crippen LogP contribution in [-0.2, 0) is 4.74 Å². The summed E-state index contributed by atoms with van der Waals surface area (Å²) in [6.07, 6.45) is 4.58. The van der Waals surface area contributed by atoms with E-state index in [9.17, 15) is 4.79 Å². The van der Waals surface area contributed by atoms with Crippen LogP contribution < -0.4 is 10.6 Å². The van der Waals surface area contributed by atoms with E-state index >= 15 is 0 Å². The Balaban J connectivity index is 1.92. The minimum absolute atomic E-state index is 0.0528. The number of carbonyl (C=O) groups is 1. The van der Waals surface area contributed by atoms with Gasteiger partial charge in [0.25, 0.3) is 0 Å². The van der Waals surface area contributed by atoms with E-state index < -0.39 is 0 Å². The molecule has 4 nitrogen and oxygen atoms in total. The fourth-order valence-corrected chi connectivity index (χ4v) is 2.59. The predicted octanol–water partition coefficient (Wildman–Crippen LogP) is 0.895. The summed E-state index contributed by atoms with van der Waals surface area (Å²) in [6, 6.07) is 0.300. The number of nitrogens with one attached hydrogen (secondary N) is 2. The number of allylic oxidation sites excluding steroid dienone is 1. The largest absolute Gasteiger partial charge is 0.496 e. The van der Waals surface area contributed by atoms with Crippen LogP contribution in [0.15, 0.2) is 11.3 Å². The molecular formula is C10H14N2O2. The molecule has 2 amide bonds. The highest BCUT2D eigenvalue weighted by atomic mass is 16.5. The molecule has 0 radical (unpaired) electrons. The minimum atomic E-state index is -0.0528. The average molecular weight is 194 g/mol. The molecule has 0 aromatic carbocycles. The number of hydrogen-bond acceptors (Lipinski definition) is 2. The molecule has 0 aromatic heterocycles. The van der Waals surface area contributed by atoms with Gasteiger partial charge in [-0.3, -0.25) is 0 Å². The Hall–Kier alpha value is -1.19. The van der Waals surface area contributed by atoms with Crippen LogP contribution in [0.2, 0.25) is 0 Å². The molecule has 2 aliphatic heterocycles. The molecular weight excluding hydrogens is 180 g/mol. The van der Waals surface area contributed by atoms with Gasteiger partial charge in [0, 0.05) is 6.42 Å². The lowest BCUT2D eigenvalue weighted by molar-refractivity contribution is 0.140. The maximum atomic E-state index is 11.2. The molecule has 3 aliphatic rings. The lowest BCUT2D eigenvalue weighted by Crippen LogP contribution is -2.43. The van der Waals surface area contributed by atoms with Gasteiger partial charge in [0.2, 0.25) is 0 Å². The van der Waals surface area contributed by atoms with Crippen LogP contribution in [0.25, 0.3) is 0 Å². The maximum Gasteiger partial charge on any atom is 0.315 e. The average Bonchev–Trinajstić information content (AvgIpc) is 2.59. The molecule has 3 rings (SSSR count). The second-order valence-corrected chi connectivity index (χ2v) is 4.17. The Kier molecular flexibility index (Phi) is 1.69. The highest BCUT2D eigenvalue weighted by Gasteiger charge is 2.39. The van der Waals surface area contributed by atoms with Crippen molar-refractivity contribution in [2.75, 3.05) is 6.61 Å². The van der Waals surface area contributed by atoms with Gasteiger partial charge in [-0.2, -0.15) is 0 Å². The SMILES string of the molecule is O=C1N[C@@H]2COC3=C(CCCC3)[C@@H]2N1. The monoisotopic (exact) mass is 194 g/mol. The molecule has 2 atom stereocenters. The first-order valence-electron chi connectivity index (χ1n) is 5.26. The van der Waals surface area contributed by atoms with Crippen molar-refractivity contribution in [3.05, 3.63) is 11.3 Å². The van der Waals surface area contributed by atoms with E-state index in [-0.39, 0.29) is 18.1 Å². The van der Waals surface area contributed by atoms with E-state index in [0.29, 0.717) is 6.61 Å². The molecule has 1 aliphatic carbocycles. The van der Waals surface area contributed by atoms with Crippen molar-refractivity contribution in [2.45, 2.75) is 37.8 Å². The van der Waals surface area contributed by atoms with Gasteiger partial charge in [0.05, 0.1) is 17.8 Å². The Bertz CT molecular complexity index is 311. The summed E-state index contributed by atoms with van der Waals surface area (Å²) in [5.74, 6) is 1.14. The summed E-state index contributed by atoms with van der Waals surface area (Å²) < 4.78 is 5.67. The van der Waals surface area contributed by atoms with Gasteiger partial charge in [0.1, 0.15) is 6.61 Å².